The van der Waals surface area contributed by atoms with Crippen molar-refractivity contribution in [2.45, 2.75) is 80.8 Å². The molecule has 178 valence electrons. The lowest BCUT2D eigenvalue weighted by atomic mass is 9.88. The highest BCUT2D eigenvalue weighted by atomic mass is 32.2. The van der Waals surface area contributed by atoms with Crippen LogP contribution in [0.4, 0.5) is 13.2 Å². The number of rotatable bonds is 4. The third-order valence-corrected chi connectivity index (χ3v) is 7.62. The minimum atomic E-state index is -4.75. The summed E-state index contributed by atoms with van der Waals surface area (Å²) in [6.07, 6.45) is 2.93. The van der Waals surface area contributed by atoms with Crippen molar-refractivity contribution in [3.8, 4) is 0 Å². The van der Waals surface area contributed by atoms with Crippen LogP contribution < -0.4 is 4.73 Å². The van der Waals surface area contributed by atoms with E-state index < -0.39 is 27.4 Å². The molecule has 1 aromatic carbocycles. The van der Waals surface area contributed by atoms with E-state index in [9.17, 15) is 22.6 Å². The SMILES string of the molecule is CC(C)(C)c1nc2cc(S(=O)c3cc[n+](O)cc3C(F)(F)F)ccc2n1CC1CCCCC1. The fourth-order valence-electron chi connectivity index (χ4n) is 4.58. The quantitative estimate of drug-likeness (QED) is 0.389. The second kappa shape index (κ2) is 8.74. The van der Waals surface area contributed by atoms with E-state index in [4.69, 9.17) is 4.98 Å². The van der Waals surface area contributed by atoms with Gasteiger partial charge in [-0.05, 0) is 37.0 Å². The van der Waals surface area contributed by atoms with Gasteiger partial charge in [-0.1, -0.05) is 40.0 Å². The van der Waals surface area contributed by atoms with Gasteiger partial charge in [0.05, 0.1) is 26.7 Å². The van der Waals surface area contributed by atoms with Crippen LogP contribution in [-0.4, -0.2) is 19.0 Å². The largest absolute Gasteiger partial charge is 0.423 e. The Morgan fingerprint density at radius 2 is 1.85 bits per heavy atom. The van der Waals surface area contributed by atoms with Gasteiger partial charge < -0.3 is 4.57 Å². The molecule has 1 aliphatic rings. The smallest absolute Gasteiger partial charge is 0.327 e. The summed E-state index contributed by atoms with van der Waals surface area (Å²) in [5.74, 6) is 1.50. The van der Waals surface area contributed by atoms with E-state index in [0.29, 0.717) is 22.4 Å². The molecule has 0 radical (unpaired) electrons. The van der Waals surface area contributed by atoms with Crippen molar-refractivity contribution in [2.75, 3.05) is 0 Å². The van der Waals surface area contributed by atoms with Gasteiger partial charge in [0.25, 0.3) is 0 Å². The van der Waals surface area contributed by atoms with Crippen molar-refractivity contribution in [1.29, 1.82) is 0 Å². The molecule has 1 atom stereocenters. The third kappa shape index (κ3) is 4.93. The Hall–Kier alpha value is -2.42. The summed E-state index contributed by atoms with van der Waals surface area (Å²) in [7, 11) is -2.09. The van der Waals surface area contributed by atoms with E-state index in [1.807, 2.05) is 6.07 Å². The number of halogens is 3. The molecular formula is C24H29F3N3O2S+. The maximum Gasteiger partial charge on any atom is 0.423 e. The monoisotopic (exact) mass is 480 g/mol. The van der Waals surface area contributed by atoms with Gasteiger partial charge in [0.15, 0.2) is 0 Å². The molecule has 1 unspecified atom stereocenters. The zero-order valence-electron chi connectivity index (χ0n) is 19.0. The number of benzene rings is 1. The predicted octanol–water partition coefficient (Wildman–Crippen LogP) is 5.62. The van der Waals surface area contributed by atoms with E-state index in [1.165, 1.54) is 32.1 Å². The lowest BCUT2D eigenvalue weighted by molar-refractivity contribution is -0.905. The number of fused-ring (bicyclic) bond motifs is 1. The molecule has 2 aromatic heterocycles. The van der Waals surface area contributed by atoms with Crippen molar-refractivity contribution in [1.82, 2.24) is 9.55 Å². The Kier molecular flexibility index (Phi) is 6.28. The highest BCUT2D eigenvalue weighted by Gasteiger charge is 2.38. The van der Waals surface area contributed by atoms with Gasteiger partial charge in [0, 0.05) is 27.7 Å². The number of alkyl halides is 3. The fourth-order valence-corrected chi connectivity index (χ4v) is 5.80. The molecule has 2 heterocycles. The first-order chi connectivity index (χ1) is 15.4. The standard InChI is InChI=1S/C24H29F3N3O2S/c1-23(2,3)22-28-19-13-17(9-10-20(19)30(22)14-16-7-5-4-6-8-16)33(32)21-11-12-29(31)15-18(21)24(25,26)27/h9-13,15-16,31H,4-8,14H2,1-3H3/q+1. The topological polar surface area (TPSA) is 59.0 Å². The first-order valence-electron chi connectivity index (χ1n) is 11.2. The lowest BCUT2D eigenvalue weighted by Crippen LogP contribution is -2.31. The lowest BCUT2D eigenvalue weighted by Gasteiger charge is -2.26. The number of hydrogen-bond donors (Lipinski definition) is 1. The van der Waals surface area contributed by atoms with Crippen molar-refractivity contribution in [3.63, 3.8) is 0 Å². The van der Waals surface area contributed by atoms with Gasteiger partial charge in [0.2, 0.25) is 12.4 Å². The maximum atomic E-state index is 13.5. The summed E-state index contributed by atoms with van der Waals surface area (Å²) in [5, 5.41) is 9.44. The summed E-state index contributed by atoms with van der Waals surface area (Å²) < 4.78 is 56.2. The minimum absolute atomic E-state index is 0.218. The minimum Gasteiger partial charge on any atom is -0.327 e. The maximum absolute atomic E-state index is 13.5. The Bertz CT molecular complexity index is 1190. The summed E-state index contributed by atoms with van der Waals surface area (Å²) in [6, 6.07) is 6.09. The normalized spacial score (nSPS) is 16.9. The second-order valence-electron chi connectivity index (χ2n) is 9.82. The van der Waals surface area contributed by atoms with Crippen LogP contribution in [0.25, 0.3) is 11.0 Å². The van der Waals surface area contributed by atoms with Crippen LogP contribution in [-0.2, 0) is 28.9 Å². The zero-order valence-corrected chi connectivity index (χ0v) is 19.8. The number of pyridine rings is 1. The van der Waals surface area contributed by atoms with Gasteiger partial charge in [0.1, 0.15) is 11.4 Å². The van der Waals surface area contributed by atoms with Crippen LogP contribution in [0.2, 0.25) is 0 Å². The molecule has 9 heteroatoms. The molecule has 1 aliphatic carbocycles. The van der Waals surface area contributed by atoms with E-state index in [0.717, 1.165) is 30.1 Å². The first-order valence-corrected chi connectivity index (χ1v) is 12.3. The molecular weight excluding hydrogens is 451 g/mol. The fraction of sp³-hybridized carbons (Fsp3) is 0.500. The summed E-state index contributed by atoms with van der Waals surface area (Å²) in [6.45, 7) is 7.13. The molecule has 1 N–H and O–H groups in total. The van der Waals surface area contributed by atoms with Gasteiger partial charge in [-0.2, -0.15) is 13.2 Å². The predicted molar refractivity (Wildman–Crippen MR) is 119 cm³/mol. The summed E-state index contributed by atoms with van der Waals surface area (Å²) in [4.78, 5) is 4.68. The number of aromatic nitrogens is 3. The molecule has 5 nitrogen and oxygen atoms in total. The van der Waals surface area contributed by atoms with Crippen LogP contribution >= 0.6 is 0 Å². The van der Waals surface area contributed by atoms with Crippen LogP contribution in [0.3, 0.4) is 0 Å². The number of imidazole rings is 1. The Morgan fingerprint density at radius 3 is 2.48 bits per heavy atom. The molecule has 0 saturated heterocycles. The molecule has 0 aliphatic heterocycles. The Balaban J connectivity index is 1.77. The average Bonchev–Trinajstić information content (AvgIpc) is 3.11. The van der Waals surface area contributed by atoms with E-state index >= 15 is 0 Å². The van der Waals surface area contributed by atoms with Crippen LogP contribution in [0, 0.1) is 5.92 Å². The Labute approximate surface area is 193 Å². The van der Waals surface area contributed by atoms with Gasteiger partial charge in [-0.15, -0.1) is 0 Å². The molecule has 4 rings (SSSR count). The molecule has 0 spiro atoms. The van der Waals surface area contributed by atoms with E-state index in [-0.39, 0.29) is 10.3 Å². The van der Waals surface area contributed by atoms with E-state index in [1.54, 1.807) is 12.1 Å². The van der Waals surface area contributed by atoms with Crippen molar-refractivity contribution in [3.05, 3.63) is 48.0 Å². The van der Waals surface area contributed by atoms with Crippen molar-refractivity contribution < 1.29 is 27.3 Å². The average molecular weight is 481 g/mol. The number of hydrogen-bond acceptors (Lipinski definition) is 3. The van der Waals surface area contributed by atoms with Gasteiger partial charge in [-0.3, -0.25) is 5.21 Å². The van der Waals surface area contributed by atoms with Crippen LogP contribution in [0.15, 0.2) is 46.5 Å². The van der Waals surface area contributed by atoms with Crippen LogP contribution in [0.5, 0.6) is 0 Å². The zero-order chi connectivity index (χ0) is 24.0. The van der Waals surface area contributed by atoms with Gasteiger partial charge >= 0.3 is 6.18 Å². The molecule has 1 fully saturated rings. The first kappa shape index (κ1) is 23.7. The summed E-state index contributed by atoms with van der Waals surface area (Å²) in [5.41, 5.74) is 0.181. The second-order valence-corrected chi connectivity index (χ2v) is 11.3. The molecule has 3 aromatic rings. The molecule has 33 heavy (non-hydrogen) atoms. The van der Waals surface area contributed by atoms with Crippen LogP contribution in [0.1, 0.15) is 64.3 Å². The third-order valence-electron chi connectivity index (χ3n) is 6.18. The molecule has 0 amide bonds. The molecule has 1 saturated carbocycles. The van der Waals surface area contributed by atoms with E-state index in [2.05, 4.69) is 25.3 Å². The highest BCUT2D eigenvalue weighted by molar-refractivity contribution is 7.85. The van der Waals surface area contributed by atoms with Crippen molar-refractivity contribution in [2.24, 2.45) is 5.92 Å². The summed E-state index contributed by atoms with van der Waals surface area (Å²) >= 11 is 0. The Morgan fingerprint density at radius 1 is 1.15 bits per heavy atom. The number of nitrogens with zero attached hydrogens (tertiary/aromatic N) is 3. The highest BCUT2D eigenvalue weighted by Crippen LogP contribution is 2.35. The van der Waals surface area contributed by atoms with Gasteiger partial charge in [-0.25, -0.2) is 9.19 Å². The molecule has 0 bridgehead atoms. The van der Waals surface area contributed by atoms with Crippen molar-refractivity contribution >= 4 is 21.8 Å².